The number of benzene rings is 2. The third-order valence-electron chi connectivity index (χ3n) is 3.69. The molecular weight excluding hydrogens is 375 g/mol. The van der Waals surface area contributed by atoms with Crippen LogP contribution in [-0.2, 0) is 6.42 Å². The second-order valence-corrected chi connectivity index (χ2v) is 5.43. The summed E-state index contributed by atoms with van der Waals surface area (Å²) < 4.78 is 67.4. The summed E-state index contributed by atoms with van der Waals surface area (Å²) in [4.78, 5) is 9.99. The van der Waals surface area contributed by atoms with E-state index in [1.54, 1.807) is 0 Å². The van der Waals surface area contributed by atoms with Gasteiger partial charge >= 0.3 is 0 Å². The molecule has 5 nitrogen and oxygen atoms in total. The van der Waals surface area contributed by atoms with E-state index >= 15 is 0 Å². The number of nitrogens with zero attached hydrogens (tertiary/aromatic N) is 1. The van der Waals surface area contributed by atoms with Gasteiger partial charge in [0, 0.05) is 12.1 Å². The van der Waals surface area contributed by atoms with Crippen molar-refractivity contribution in [3.63, 3.8) is 0 Å². The Hall–Kier alpha value is -3.19. The van der Waals surface area contributed by atoms with E-state index in [9.17, 15) is 37.2 Å². The van der Waals surface area contributed by atoms with Crippen LogP contribution < -0.4 is 5.32 Å². The van der Waals surface area contributed by atoms with E-state index in [2.05, 4.69) is 0 Å². The largest absolute Gasteiger partial charge is 0.378 e. The molecule has 2 N–H and O–H groups in total. The minimum atomic E-state index is -2.32. The normalized spacial score (nSPS) is 12.9. The SMILES string of the molecule is C#C[C@H](O)[C@H](Cc1ccc([N+](=O)[O-])cc1)Nc1c(F)c(F)c(F)c(F)c1F. The van der Waals surface area contributed by atoms with Crippen molar-refractivity contribution >= 4 is 11.4 Å². The number of terminal acetylenes is 1. The first-order valence-electron chi connectivity index (χ1n) is 7.32. The van der Waals surface area contributed by atoms with Crippen molar-refractivity contribution in [1.82, 2.24) is 0 Å². The summed E-state index contributed by atoms with van der Waals surface area (Å²) in [5.41, 5.74) is -1.20. The molecule has 0 aliphatic carbocycles. The molecule has 0 aliphatic rings. The molecule has 2 aromatic carbocycles. The highest BCUT2D eigenvalue weighted by Crippen LogP contribution is 2.28. The lowest BCUT2D eigenvalue weighted by Crippen LogP contribution is -2.35. The standard InChI is InChI=1S/C17H11F5N2O3/c1-2-11(25)10(7-8-3-5-9(6-4-8)24(26)27)23-17-15(21)13(19)12(18)14(20)16(17)22/h1,3-6,10-11,23,25H,7H2/t10-,11-/m0/s1. The van der Waals surface area contributed by atoms with Gasteiger partial charge in [0.05, 0.1) is 11.0 Å². The van der Waals surface area contributed by atoms with E-state index < -0.39 is 51.8 Å². The van der Waals surface area contributed by atoms with E-state index in [0.717, 1.165) is 12.1 Å². The second kappa shape index (κ2) is 8.01. The fraction of sp³-hybridized carbons (Fsp3) is 0.176. The maximum Gasteiger partial charge on any atom is 0.269 e. The minimum Gasteiger partial charge on any atom is -0.378 e. The molecule has 10 heteroatoms. The van der Waals surface area contributed by atoms with Gasteiger partial charge in [0.1, 0.15) is 11.8 Å². The number of nitro groups is 1. The Morgan fingerprint density at radius 2 is 1.52 bits per heavy atom. The summed E-state index contributed by atoms with van der Waals surface area (Å²) >= 11 is 0. The van der Waals surface area contributed by atoms with Crippen LogP contribution in [-0.4, -0.2) is 22.2 Å². The van der Waals surface area contributed by atoms with E-state index in [0.29, 0.717) is 5.56 Å². The fourth-order valence-electron chi connectivity index (χ4n) is 2.28. The van der Waals surface area contributed by atoms with Crippen LogP contribution in [0, 0.1) is 51.5 Å². The lowest BCUT2D eigenvalue weighted by atomic mass is 10.0. The molecule has 0 bridgehead atoms. The van der Waals surface area contributed by atoms with E-state index in [-0.39, 0.29) is 12.1 Å². The van der Waals surface area contributed by atoms with Crippen LogP contribution in [0.5, 0.6) is 0 Å². The van der Waals surface area contributed by atoms with Crippen molar-refractivity contribution in [2.45, 2.75) is 18.6 Å². The van der Waals surface area contributed by atoms with Crippen molar-refractivity contribution in [3.8, 4) is 12.3 Å². The van der Waals surface area contributed by atoms with Crippen molar-refractivity contribution in [3.05, 3.63) is 69.0 Å². The fourth-order valence-corrected chi connectivity index (χ4v) is 2.28. The summed E-state index contributed by atoms with van der Waals surface area (Å²) in [6.07, 6.45) is 3.20. The molecule has 0 unspecified atom stereocenters. The Labute approximate surface area is 149 Å². The first-order valence-corrected chi connectivity index (χ1v) is 7.32. The summed E-state index contributed by atoms with van der Waals surface area (Å²) in [7, 11) is 0. The maximum absolute atomic E-state index is 13.8. The number of nitrogens with one attached hydrogen (secondary N) is 1. The van der Waals surface area contributed by atoms with Gasteiger partial charge in [-0.2, -0.15) is 0 Å². The van der Waals surface area contributed by atoms with Crippen LogP contribution in [0.1, 0.15) is 5.56 Å². The van der Waals surface area contributed by atoms with Gasteiger partial charge < -0.3 is 10.4 Å². The quantitative estimate of drug-likeness (QED) is 0.200. The first kappa shape index (κ1) is 20.1. The molecule has 2 atom stereocenters. The topological polar surface area (TPSA) is 75.4 Å². The van der Waals surface area contributed by atoms with Gasteiger partial charge in [-0.1, -0.05) is 18.1 Å². The number of rotatable bonds is 6. The number of nitro benzene ring substituents is 1. The van der Waals surface area contributed by atoms with Gasteiger partial charge in [0.25, 0.3) is 5.69 Å². The van der Waals surface area contributed by atoms with E-state index in [1.165, 1.54) is 12.1 Å². The van der Waals surface area contributed by atoms with Gasteiger partial charge in [-0.3, -0.25) is 10.1 Å². The molecule has 2 rings (SSSR count). The van der Waals surface area contributed by atoms with Gasteiger partial charge in [-0.05, 0) is 12.0 Å². The van der Waals surface area contributed by atoms with Gasteiger partial charge in [0.2, 0.25) is 5.82 Å². The molecule has 0 radical (unpaired) electrons. The Balaban J connectivity index is 2.36. The van der Waals surface area contributed by atoms with Crippen molar-refractivity contribution < 1.29 is 32.0 Å². The van der Waals surface area contributed by atoms with E-state index in [1.807, 2.05) is 11.2 Å². The Bertz CT molecular complexity index is 883. The average Bonchev–Trinajstić information content (AvgIpc) is 2.66. The summed E-state index contributed by atoms with van der Waals surface area (Å²) in [5, 5.41) is 22.5. The zero-order chi connectivity index (χ0) is 20.3. The van der Waals surface area contributed by atoms with Gasteiger partial charge in [-0.15, -0.1) is 6.42 Å². The molecule has 0 fully saturated rings. The highest BCUT2D eigenvalue weighted by molar-refractivity contribution is 5.49. The van der Waals surface area contributed by atoms with Crippen LogP contribution >= 0.6 is 0 Å². The molecular formula is C17H11F5N2O3. The highest BCUT2D eigenvalue weighted by atomic mass is 19.2. The van der Waals surface area contributed by atoms with Crippen LogP contribution in [0.25, 0.3) is 0 Å². The second-order valence-electron chi connectivity index (χ2n) is 5.43. The molecule has 0 aromatic heterocycles. The molecule has 0 spiro atoms. The van der Waals surface area contributed by atoms with E-state index in [4.69, 9.17) is 6.42 Å². The third kappa shape index (κ3) is 4.15. The average molecular weight is 386 g/mol. The molecule has 0 heterocycles. The molecule has 0 aliphatic heterocycles. The molecule has 2 aromatic rings. The number of non-ortho nitro benzene ring substituents is 1. The predicted octanol–water partition coefficient (Wildman–Crippen LogP) is 3.31. The number of aliphatic hydroxyl groups is 1. The first-order chi connectivity index (χ1) is 12.7. The summed E-state index contributed by atoms with van der Waals surface area (Å²) in [5.74, 6) is -8.94. The highest BCUT2D eigenvalue weighted by Gasteiger charge is 2.29. The smallest absolute Gasteiger partial charge is 0.269 e. The Kier molecular flexibility index (Phi) is 5.97. The Morgan fingerprint density at radius 1 is 1.04 bits per heavy atom. The number of hydrogen-bond donors (Lipinski definition) is 2. The van der Waals surface area contributed by atoms with Crippen molar-refractivity contribution in [2.75, 3.05) is 5.32 Å². The summed E-state index contributed by atoms with van der Waals surface area (Å²) in [6, 6.07) is 3.55. The molecule has 27 heavy (non-hydrogen) atoms. The maximum atomic E-state index is 13.8. The number of halogens is 5. The van der Waals surface area contributed by atoms with Crippen LogP contribution in [0.4, 0.5) is 33.3 Å². The van der Waals surface area contributed by atoms with Gasteiger partial charge in [0.15, 0.2) is 23.3 Å². The zero-order valence-electron chi connectivity index (χ0n) is 13.3. The van der Waals surface area contributed by atoms with Crippen LogP contribution in [0.2, 0.25) is 0 Å². The van der Waals surface area contributed by atoms with Crippen molar-refractivity contribution in [2.24, 2.45) is 0 Å². The summed E-state index contributed by atoms with van der Waals surface area (Å²) in [6.45, 7) is 0. The molecule has 0 amide bonds. The number of hydrogen-bond acceptors (Lipinski definition) is 4. The van der Waals surface area contributed by atoms with Crippen LogP contribution in [0.3, 0.4) is 0 Å². The Morgan fingerprint density at radius 3 is 1.96 bits per heavy atom. The lowest BCUT2D eigenvalue weighted by Gasteiger charge is -2.23. The van der Waals surface area contributed by atoms with Gasteiger partial charge in [-0.25, -0.2) is 22.0 Å². The minimum absolute atomic E-state index is 0.219. The predicted molar refractivity (Wildman–Crippen MR) is 85.3 cm³/mol. The number of anilines is 1. The monoisotopic (exact) mass is 386 g/mol. The zero-order valence-corrected chi connectivity index (χ0v) is 13.3. The molecule has 0 saturated carbocycles. The lowest BCUT2D eigenvalue weighted by molar-refractivity contribution is -0.384. The van der Waals surface area contributed by atoms with Crippen LogP contribution in [0.15, 0.2) is 24.3 Å². The molecule has 142 valence electrons. The van der Waals surface area contributed by atoms with Crippen molar-refractivity contribution in [1.29, 1.82) is 0 Å². The number of aliphatic hydroxyl groups excluding tert-OH is 1. The third-order valence-corrected chi connectivity index (χ3v) is 3.69. The molecule has 0 saturated heterocycles.